The SMILES string of the molecule is CCCCN1CCC[C@H]1c1cc(O)c2c(c1OC)C[C@H]1C[C@H]3[C@H](N)C(O)=C(C(N)=O)C(=O)[C@@]3(O)C(O)=C1C2=O. The number of carbonyl (C=O) groups excluding carboxylic acids is 3. The number of primary amides is 1. The number of ether oxygens (including phenoxy) is 1. The number of nitrogens with zero attached hydrogens (tertiary/aromatic N) is 1. The van der Waals surface area contributed by atoms with E-state index in [1.54, 1.807) is 0 Å². The van der Waals surface area contributed by atoms with E-state index in [0.717, 1.165) is 44.3 Å². The summed E-state index contributed by atoms with van der Waals surface area (Å²) in [6, 6.07) is 0.164. The van der Waals surface area contributed by atoms with Gasteiger partial charge in [-0.25, -0.2) is 0 Å². The number of aliphatic hydroxyl groups excluding tert-OH is 2. The number of methoxy groups -OCH3 is 1. The Morgan fingerprint density at radius 3 is 2.62 bits per heavy atom. The molecule has 1 heterocycles. The molecule has 39 heavy (non-hydrogen) atoms. The van der Waals surface area contributed by atoms with Gasteiger partial charge in [0.25, 0.3) is 5.91 Å². The second kappa shape index (κ2) is 9.65. The number of rotatable bonds is 6. The van der Waals surface area contributed by atoms with Gasteiger partial charge in [-0.1, -0.05) is 13.3 Å². The van der Waals surface area contributed by atoms with Crippen LogP contribution in [0.1, 0.15) is 66.6 Å². The summed E-state index contributed by atoms with van der Waals surface area (Å²) < 4.78 is 5.85. The second-order valence-corrected chi connectivity index (χ2v) is 11.0. The van der Waals surface area contributed by atoms with E-state index in [-0.39, 0.29) is 35.8 Å². The highest BCUT2D eigenvalue weighted by molar-refractivity contribution is 6.24. The number of aromatic hydroxyl groups is 1. The maximum atomic E-state index is 13.8. The molecule has 1 saturated heterocycles. The Bertz CT molecular complexity index is 1330. The number of phenolic OH excluding ortho intramolecular Hbond substituents is 1. The van der Waals surface area contributed by atoms with Gasteiger partial charge in [0.2, 0.25) is 5.78 Å². The van der Waals surface area contributed by atoms with E-state index in [1.807, 2.05) is 0 Å². The summed E-state index contributed by atoms with van der Waals surface area (Å²) in [7, 11) is 1.51. The van der Waals surface area contributed by atoms with Gasteiger partial charge < -0.3 is 36.6 Å². The number of phenols is 1. The Morgan fingerprint density at radius 2 is 1.97 bits per heavy atom. The molecule has 5 rings (SSSR count). The molecular weight excluding hydrogens is 506 g/mol. The summed E-state index contributed by atoms with van der Waals surface area (Å²) in [5.74, 6) is -6.76. The van der Waals surface area contributed by atoms with Crippen LogP contribution in [0.15, 0.2) is 28.7 Å². The minimum atomic E-state index is -2.72. The molecule has 1 aromatic carbocycles. The first-order chi connectivity index (χ1) is 18.5. The normalized spacial score (nSPS) is 30.8. The third-order valence-electron chi connectivity index (χ3n) is 8.96. The highest BCUT2D eigenvalue weighted by atomic mass is 16.5. The van der Waals surface area contributed by atoms with Gasteiger partial charge in [0.15, 0.2) is 11.4 Å². The van der Waals surface area contributed by atoms with Crippen LogP contribution >= 0.6 is 0 Å². The van der Waals surface area contributed by atoms with E-state index in [0.29, 0.717) is 11.3 Å². The molecule has 4 aliphatic rings. The number of Topliss-reactive ketones (excluding diaryl/α,β-unsaturated/α-hetero) is 2. The highest BCUT2D eigenvalue weighted by Crippen LogP contribution is 2.53. The average Bonchev–Trinajstić information content (AvgIpc) is 3.36. The van der Waals surface area contributed by atoms with Crippen molar-refractivity contribution in [1.29, 1.82) is 0 Å². The van der Waals surface area contributed by atoms with Crippen molar-refractivity contribution in [3.05, 3.63) is 45.4 Å². The highest BCUT2D eigenvalue weighted by Gasteiger charge is 2.62. The Hall–Kier alpha value is -3.41. The number of unbranched alkanes of at least 4 members (excludes halogenated alkanes) is 1. The number of nitrogens with two attached hydrogens (primary N) is 2. The molecular formula is C28H35N3O8. The molecule has 0 spiro atoms. The summed E-state index contributed by atoms with van der Waals surface area (Å²) in [6.07, 6.45) is 4.06. The fourth-order valence-electron chi connectivity index (χ4n) is 7.08. The number of carbonyl (C=O) groups is 3. The van der Waals surface area contributed by atoms with Crippen LogP contribution in [0.2, 0.25) is 0 Å². The number of hydrogen-bond acceptors (Lipinski definition) is 10. The molecule has 8 N–H and O–H groups in total. The first kappa shape index (κ1) is 27.2. The third-order valence-corrected chi connectivity index (χ3v) is 8.96. The minimum absolute atomic E-state index is 0.0123. The van der Waals surface area contributed by atoms with Crippen LogP contribution in [-0.2, 0) is 16.0 Å². The summed E-state index contributed by atoms with van der Waals surface area (Å²) in [6.45, 7) is 3.95. The Kier molecular flexibility index (Phi) is 6.72. The largest absolute Gasteiger partial charge is 0.510 e. The molecule has 1 amide bonds. The third kappa shape index (κ3) is 3.78. The molecule has 1 fully saturated rings. The standard InChI is InChI=1S/C28H35N3O8/c1-3-4-7-31-8-5-6-16(31)13-11-17(32)19-14(24(13)39-2)9-12-10-15-21(29)23(34)20(27(30)37)26(36)28(15,38)25(35)18(12)22(19)33/h11-12,15-16,21,32,34-35,38H,3-10,29H2,1-2H3,(H2,30,37)/t12-,15-,16-,21-,28-/m0/s1. The predicted octanol–water partition coefficient (Wildman–Crippen LogP) is 1.46. The van der Waals surface area contributed by atoms with Crippen molar-refractivity contribution in [3.8, 4) is 11.5 Å². The molecule has 0 radical (unpaired) electrons. The average molecular weight is 542 g/mol. The lowest BCUT2D eigenvalue weighted by Crippen LogP contribution is -2.63. The molecule has 210 valence electrons. The Balaban J connectivity index is 1.63. The Morgan fingerprint density at radius 1 is 1.26 bits per heavy atom. The molecule has 11 heteroatoms. The summed E-state index contributed by atoms with van der Waals surface area (Å²) in [5.41, 5.74) is 8.75. The lowest BCUT2D eigenvalue weighted by Gasteiger charge is -2.47. The number of hydrogen-bond donors (Lipinski definition) is 6. The van der Waals surface area contributed by atoms with E-state index in [2.05, 4.69) is 11.8 Å². The zero-order chi connectivity index (χ0) is 28.4. The van der Waals surface area contributed by atoms with Crippen molar-refractivity contribution in [2.75, 3.05) is 20.2 Å². The quantitative estimate of drug-likeness (QED) is 0.287. The van der Waals surface area contributed by atoms with E-state index >= 15 is 0 Å². The van der Waals surface area contributed by atoms with Crippen LogP contribution in [0.5, 0.6) is 11.5 Å². The maximum absolute atomic E-state index is 13.8. The van der Waals surface area contributed by atoms with Gasteiger partial charge in [0.05, 0.1) is 18.7 Å². The van der Waals surface area contributed by atoms with Gasteiger partial charge in [-0.15, -0.1) is 0 Å². The van der Waals surface area contributed by atoms with Crippen molar-refractivity contribution in [1.82, 2.24) is 4.90 Å². The van der Waals surface area contributed by atoms with Gasteiger partial charge in [-0.3, -0.25) is 19.3 Å². The minimum Gasteiger partial charge on any atom is -0.510 e. The van der Waals surface area contributed by atoms with Crippen molar-refractivity contribution in [2.45, 2.75) is 63.1 Å². The van der Waals surface area contributed by atoms with Gasteiger partial charge in [-0.05, 0) is 57.2 Å². The van der Waals surface area contributed by atoms with Crippen LogP contribution in [0.25, 0.3) is 0 Å². The second-order valence-electron chi connectivity index (χ2n) is 11.0. The fourth-order valence-corrected chi connectivity index (χ4v) is 7.08. The zero-order valence-electron chi connectivity index (χ0n) is 22.1. The molecule has 0 unspecified atom stereocenters. The number of ketones is 2. The number of allylic oxidation sites excluding steroid dienone is 1. The van der Waals surface area contributed by atoms with Crippen LogP contribution in [0.3, 0.4) is 0 Å². The lowest BCUT2D eigenvalue weighted by atomic mass is 9.59. The van der Waals surface area contributed by atoms with Crippen LogP contribution in [-0.4, -0.2) is 74.6 Å². The van der Waals surface area contributed by atoms with Crippen molar-refractivity contribution in [3.63, 3.8) is 0 Å². The van der Waals surface area contributed by atoms with Crippen LogP contribution in [0.4, 0.5) is 0 Å². The van der Waals surface area contributed by atoms with Gasteiger partial charge in [0.1, 0.15) is 28.6 Å². The first-order valence-corrected chi connectivity index (χ1v) is 13.4. The van der Waals surface area contributed by atoms with E-state index in [9.17, 15) is 34.8 Å². The van der Waals surface area contributed by atoms with E-state index in [1.165, 1.54) is 13.2 Å². The van der Waals surface area contributed by atoms with E-state index < -0.39 is 58.0 Å². The van der Waals surface area contributed by atoms with E-state index in [4.69, 9.17) is 16.2 Å². The summed E-state index contributed by atoms with van der Waals surface area (Å²) >= 11 is 0. The first-order valence-electron chi connectivity index (χ1n) is 13.4. The monoisotopic (exact) mass is 541 g/mol. The topological polar surface area (TPSA) is 197 Å². The molecule has 1 aliphatic heterocycles. The number of amides is 1. The van der Waals surface area contributed by atoms with Gasteiger partial charge >= 0.3 is 0 Å². The molecule has 1 aromatic rings. The zero-order valence-corrected chi connectivity index (χ0v) is 22.1. The van der Waals surface area contributed by atoms with Crippen molar-refractivity contribution in [2.24, 2.45) is 23.3 Å². The number of fused-ring (bicyclic) bond motifs is 3. The fraction of sp³-hybridized carbons (Fsp3) is 0.536. The molecule has 3 aliphatic carbocycles. The number of benzene rings is 1. The maximum Gasteiger partial charge on any atom is 0.255 e. The lowest BCUT2D eigenvalue weighted by molar-refractivity contribution is -0.145. The van der Waals surface area contributed by atoms with Crippen LogP contribution in [0, 0.1) is 11.8 Å². The van der Waals surface area contributed by atoms with Crippen molar-refractivity contribution >= 4 is 17.5 Å². The molecule has 11 nitrogen and oxygen atoms in total. The van der Waals surface area contributed by atoms with Crippen LogP contribution < -0.4 is 16.2 Å². The van der Waals surface area contributed by atoms with Crippen molar-refractivity contribution < 1.29 is 39.5 Å². The molecule has 0 bridgehead atoms. The Labute approximate surface area is 225 Å². The number of likely N-dealkylation sites (tertiary alicyclic amines) is 1. The molecule has 0 aromatic heterocycles. The number of aliphatic hydroxyl groups is 3. The predicted molar refractivity (Wildman–Crippen MR) is 139 cm³/mol. The summed E-state index contributed by atoms with van der Waals surface area (Å²) in [5, 5.41) is 44.3. The molecule has 5 atom stereocenters. The van der Waals surface area contributed by atoms with Gasteiger partial charge in [0, 0.05) is 28.7 Å². The van der Waals surface area contributed by atoms with Gasteiger partial charge in [-0.2, -0.15) is 0 Å². The molecule has 0 saturated carbocycles. The summed E-state index contributed by atoms with van der Waals surface area (Å²) in [4.78, 5) is 41.2. The smallest absolute Gasteiger partial charge is 0.255 e.